The average molecular weight is 483 g/mol. The highest BCUT2D eigenvalue weighted by Gasteiger charge is 2.28. The Balaban J connectivity index is 0.000000534. The van der Waals surface area contributed by atoms with Crippen molar-refractivity contribution in [3.63, 3.8) is 0 Å². The number of thiophene rings is 1. The van der Waals surface area contributed by atoms with Crippen LogP contribution in [-0.4, -0.2) is 47.7 Å². The largest absolute Gasteiger partial charge is 0.473 e. The van der Waals surface area contributed by atoms with Gasteiger partial charge in [-0.1, -0.05) is 23.7 Å². The predicted octanol–water partition coefficient (Wildman–Crippen LogP) is 3.12. The van der Waals surface area contributed by atoms with Crippen LogP contribution in [0.2, 0.25) is 5.02 Å². The standard InChI is InChI=1S/C19H21ClN2O3S.C2H2O4/c1-11(12-6-8-13(20)9-7-12)21-10-16(23)22-18-17(19(24)25-2)14-4-3-5-15(14)26-18;3-1(4)2(5)6/h6-9,11,21H,3-5,10H2,1-2H3,(H,22,23);(H,3,4)(H,5,6). The molecule has 11 heteroatoms. The van der Waals surface area contributed by atoms with E-state index in [0.29, 0.717) is 15.6 Å². The number of carbonyl (C=O) groups excluding carboxylic acids is 2. The molecular weight excluding hydrogens is 460 g/mol. The summed E-state index contributed by atoms with van der Waals surface area (Å²) in [5, 5.41) is 22.1. The molecule has 1 heterocycles. The van der Waals surface area contributed by atoms with E-state index in [4.69, 9.17) is 36.1 Å². The zero-order chi connectivity index (χ0) is 23.8. The lowest BCUT2D eigenvalue weighted by molar-refractivity contribution is -0.159. The fourth-order valence-electron chi connectivity index (χ4n) is 3.10. The van der Waals surface area contributed by atoms with Gasteiger partial charge in [-0.3, -0.25) is 4.79 Å². The van der Waals surface area contributed by atoms with Gasteiger partial charge in [-0.15, -0.1) is 11.3 Å². The number of rotatable bonds is 6. The molecule has 3 rings (SSSR count). The number of anilines is 1. The second-order valence-electron chi connectivity index (χ2n) is 6.87. The number of nitrogens with one attached hydrogen (secondary N) is 2. The van der Waals surface area contributed by atoms with Crippen molar-refractivity contribution in [2.45, 2.75) is 32.2 Å². The number of aryl methyl sites for hydroxylation is 1. The summed E-state index contributed by atoms with van der Waals surface area (Å²) in [7, 11) is 1.36. The molecule has 172 valence electrons. The quantitative estimate of drug-likeness (QED) is 0.363. The smallest absolute Gasteiger partial charge is 0.414 e. The van der Waals surface area contributed by atoms with E-state index in [0.717, 1.165) is 30.4 Å². The monoisotopic (exact) mass is 482 g/mol. The molecule has 1 atom stereocenters. The third kappa shape index (κ3) is 6.78. The first-order valence-electron chi connectivity index (χ1n) is 9.61. The second-order valence-corrected chi connectivity index (χ2v) is 8.41. The minimum atomic E-state index is -1.82. The maximum Gasteiger partial charge on any atom is 0.414 e. The fourth-order valence-corrected chi connectivity index (χ4v) is 4.52. The number of carboxylic acid groups (broad SMARTS) is 2. The van der Waals surface area contributed by atoms with E-state index < -0.39 is 11.9 Å². The Bertz CT molecular complexity index is 992. The van der Waals surface area contributed by atoms with Crippen LogP contribution in [0.3, 0.4) is 0 Å². The van der Waals surface area contributed by atoms with E-state index >= 15 is 0 Å². The average Bonchev–Trinajstić information content (AvgIpc) is 3.33. The van der Waals surface area contributed by atoms with Crippen molar-refractivity contribution >= 4 is 51.8 Å². The zero-order valence-corrected chi connectivity index (χ0v) is 19.0. The molecule has 1 aliphatic rings. The molecule has 9 nitrogen and oxygen atoms in total. The number of hydrogen-bond donors (Lipinski definition) is 4. The van der Waals surface area contributed by atoms with Crippen molar-refractivity contribution in [3.8, 4) is 0 Å². The second kappa shape index (κ2) is 11.6. The van der Waals surface area contributed by atoms with Crippen molar-refractivity contribution in [1.82, 2.24) is 5.32 Å². The van der Waals surface area contributed by atoms with Crippen molar-refractivity contribution in [2.24, 2.45) is 0 Å². The van der Waals surface area contributed by atoms with Gasteiger partial charge in [-0.05, 0) is 49.4 Å². The SMILES string of the molecule is COC(=O)c1c(NC(=O)CNC(C)c2ccc(Cl)cc2)sc2c1CCC2.O=C(O)C(=O)O. The van der Waals surface area contributed by atoms with Gasteiger partial charge in [0.15, 0.2) is 0 Å². The highest BCUT2D eigenvalue weighted by atomic mass is 35.5. The van der Waals surface area contributed by atoms with Gasteiger partial charge < -0.3 is 25.6 Å². The molecule has 1 aliphatic carbocycles. The molecule has 0 bridgehead atoms. The lowest BCUT2D eigenvalue weighted by Crippen LogP contribution is -2.30. The number of fused-ring (bicyclic) bond motifs is 1. The molecule has 0 saturated heterocycles. The molecule has 1 amide bonds. The fraction of sp³-hybridized carbons (Fsp3) is 0.333. The topological polar surface area (TPSA) is 142 Å². The van der Waals surface area contributed by atoms with E-state index in [9.17, 15) is 9.59 Å². The van der Waals surface area contributed by atoms with Crippen LogP contribution in [0.1, 0.15) is 45.7 Å². The third-order valence-electron chi connectivity index (χ3n) is 4.69. The Morgan fingerprint density at radius 3 is 2.31 bits per heavy atom. The van der Waals surface area contributed by atoms with Crippen LogP contribution in [0, 0.1) is 0 Å². The molecule has 4 N–H and O–H groups in total. The molecule has 0 fully saturated rings. The molecular formula is C21H23ClN2O7S. The van der Waals surface area contributed by atoms with Crippen LogP contribution in [0.25, 0.3) is 0 Å². The summed E-state index contributed by atoms with van der Waals surface area (Å²) in [4.78, 5) is 43.8. The Morgan fingerprint density at radius 2 is 1.75 bits per heavy atom. The summed E-state index contributed by atoms with van der Waals surface area (Å²) in [6.07, 6.45) is 2.85. The van der Waals surface area contributed by atoms with Crippen molar-refractivity contribution in [1.29, 1.82) is 0 Å². The summed E-state index contributed by atoms with van der Waals surface area (Å²) < 4.78 is 4.90. The zero-order valence-electron chi connectivity index (χ0n) is 17.4. The van der Waals surface area contributed by atoms with Crippen LogP contribution in [-0.2, 0) is 32.0 Å². The lowest BCUT2D eigenvalue weighted by Gasteiger charge is -2.14. The first kappa shape index (κ1) is 25.3. The van der Waals surface area contributed by atoms with E-state index in [-0.39, 0.29) is 24.5 Å². The van der Waals surface area contributed by atoms with Gasteiger partial charge in [0.2, 0.25) is 5.91 Å². The van der Waals surface area contributed by atoms with E-state index in [2.05, 4.69) is 10.6 Å². The van der Waals surface area contributed by atoms with Gasteiger partial charge in [-0.2, -0.15) is 0 Å². The highest BCUT2D eigenvalue weighted by molar-refractivity contribution is 7.17. The van der Waals surface area contributed by atoms with Crippen molar-refractivity contribution in [3.05, 3.63) is 50.9 Å². The predicted molar refractivity (Wildman–Crippen MR) is 119 cm³/mol. The highest BCUT2D eigenvalue weighted by Crippen LogP contribution is 2.39. The van der Waals surface area contributed by atoms with Crippen LogP contribution in [0.15, 0.2) is 24.3 Å². The summed E-state index contributed by atoms with van der Waals surface area (Å²) in [5.74, 6) is -4.22. The maximum atomic E-state index is 12.4. The van der Waals surface area contributed by atoms with E-state index in [1.165, 1.54) is 23.3 Å². The van der Waals surface area contributed by atoms with Crippen LogP contribution < -0.4 is 10.6 Å². The number of benzene rings is 1. The number of hydrogen-bond acceptors (Lipinski definition) is 7. The number of esters is 1. The minimum absolute atomic E-state index is 0.00596. The number of halogens is 1. The minimum Gasteiger partial charge on any atom is -0.473 e. The number of carboxylic acids is 2. The molecule has 0 spiro atoms. The van der Waals surface area contributed by atoms with Crippen molar-refractivity contribution < 1.29 is 34.1 Å². The maximum absolute atomic E-state index is 12.4. The van der Waals surface area contributed by atoms with E-state index in [1.807, 2.05) is 31.2 Å². The third-order valence-corrected chi connectivity index (χ3v) is 6.14. The Hall–Kier alpha value is -2.95. The van der Waals surface area contributed by atoms with Gasteiger partial charge in [0.1, 0.15) is 5.00 Å². The lowest BCUT2D eigenvalue weighted by atomic mass is 10.1. The van der Waals surface area contributed by atoms with Gasteiger partial charge in [0, 0.05) is 15.9 Å². The van der Waals surface area contributed by atoms with Crippen LogP contribution in [0.5, 0.6) is 0 Å². The Labute approximate surface area is 193 Å². The normalized spacial score (nSPS) is 12.7. The molecule has 0 radical (unpaired) electrons. The summed E-state index contributed by atoms with van der Waals surface area (Å²) in [6, 6.07) is 7.51. The Kier molecular flexibility index (Phi) is 9.18. The van der Waals surface area contributed by atoms with Gasteiger partial charge in [0.05, 0.1) is 19.2 Å². The number of aliphatic carboxylic acids is 2. The van der Waals surface area contributed by atoms with Gasteiger partial charge in [-0.25, -0.2) is 14.4 Å². The number of methoxy groups -OCH3 is 1. The molecule has 0 saturated carbocycles. The van der Waals surface area contributed by atoms with Crippen LogP contribution >= 0.6 is 22.9 Å². The first-order chi connectivity index (χ1) is 15.1. The van der Waals surface area contributed by atoms with Gasteiger partial charge in [0.25, 0.3) is 0 Å². The van der Waals surface area contributed by atoms with Crippen LogP contribution in [0.4, 0.5) is 5.00 Å². The summed E-state index contributed by atoms with van der Waals surface area (Å²) in [6.45, 7) is 2.13. The molecule has 1 unspecified atom stereocenters. The molecule has 2 aromatic rings. The number of carbonyl (C=O) groups is 4. The first-order valence-corrected chi connectivity index (χ1v) is 10.8. The molecule has 32 heavy (non-hydrogen) atoms. The molecule has 0 aliphatic heterocycles. The number of amides is 1. The Morgan fingerprint density at radius 1 is 1.12 bits per heavy atom. The molecule has 1 aromatic carbocycles. The number of ether oxygens (including phenoxy) is 1. The van der Waals surface area contributed by atoms with Gasteiger partial charge >= 0.3 is 17.9 Å². The molecule has 1 aromatic heterocycles. The summed E-state index contributed by atoms with van der Waals surface area (Å²) >= 11 is 7.37. The summed E-state index contributed by atoms with van der Waals surface area (Å²) in [5.41, 5.74) is 2.59. The van der Waals surface area contributed by atoms with E-state index in [1.54, 1.807) is 0 Å². The van der Waals surface area contributed by atoms with Crippen molar-refractivity contribution in [2.75, 3.05) is 19.0 Å².